The highest BCUT2D eigenvalue weighted by Crippen LogP contribution is 2.16. The second-order valence-corrected chi connectivity index (χ2v) is 5.71. The molecule has 25 heavy (non-hydrogen) atoms. The Morgan fingerprint density at radius 2 is 2.12 bits per heavy atom. The van der Waals surface area contributed by atoms with Crippen LogP contribution in [0, 0.1) is 0 Å². The Labute approximate surface area is 143 Å². The number of carbonyl (C=O) groups excluding carboxylic acids is 1. The van der Waals surface area contributed by atoms with Gasteiger partial charge in [-0.15, -0.1) is 0 Å². The number of imidazole rings is 2. The lowest BCUT2D eigenvalue weighted by Gasteiger charge is -2.12. The Bertz CT molecular complexity index is 988. The van der Waals surface area contributed by atoms with Gasteiger partial charge in [-0.25, -0.2) is 15.0 Å². The largest absolute Gasteiger partial charge is 0.342 e. The monoisotopic (exact) mass is 332 g/mol. The highest BCUT2D eigenvalue weighted by molar-refractivity contribution is 5.94. The zero-order chi connectivity index (χ0) is 17.2. The summed E-state index contributed by atoms with van der Waals surface area (Å²) in [6, 6.07) is 10.9. The molecule has 4 aromatic rings. The van der Waals surface area contributed by atoms with Crippen molar-refractivity contribution in [1.29, 1.82) is 0 Å². The standard InChI is InChI=1S/C18H16N6O/c1-12(17-22-14-4-2-3-5-15(14)23-17)21-18(25)13-6-7-20-16(10-13)24-9-8-19-11-24/h2-12H,1H3,(H,21,25)(H,22,23)/t12-/m1/s1. The summed E-state index contributed by atoms with van der Waals surface area (Å²) in [5.74, 6) is 1.18. The molecule has 0 unspecified atom stereocenters. The SMILES string of the molecule is C[C@@H](NC(=O)c1ccnc(-n2ccnc2)c1)c1nc2ccccc2[nH]1. The Morgan fingerprint density at radius 3 is 2.92 bits per heavy atom. The fourth-order valence-corrected chi connectivity index (χ4v) is 2.62. The Kier molecular flexibility index (Phi) is 3.74. The molecule has 3 aromatic heterocycles. The number of aromatic nitrogens is 5. The molecule has 0 fully saturated rings. The van der Waals surface area contributed by atoms with Crippen molar-refractivity contribution in [3.05, 3.63) is 72.7 Å². The molecule has 0 saturated carbocycles. The molecule has 0 aliphatic carbocycles. The van der Waals surface area contributed by atoms with Crippen LogP contribution in [-0.2, 0) is 0 Å². The number of nitrogens with zero attached hydrogens (tertiary/aromatic N) is 4. The van der Waals surface area contributed by atoms with Crippen LogP contribution in [-0.4, -0.2) is 30.4 Å². The van der Waals surface area contributed by atoms with E-state index >= 15 is 0 Å². The van der Waals surface area contributed by atoms with Gasteiger partial charge < -0.3 is 10.3 Å². The van der Waals surface area contributed by atoms with Crippen LogP contribution in [0.5, 0.6) is 0 Å². The summed E-state index contributed by atoms with van der Waals surface area (Å²) < 4.78 is 1.75. The zero-order valence-electron chi connectivity index (χ0n) is 13.5. The van der Waals surface area contributed by atoms with Crippen molar-refractivity contribution in [3.8, 4) is 5.82 Å². The number of rotatable bonds is 4. The molecule has 3 heterocycles. The lowest BCUT2D eigenvalue weighted by atomic mass is 10.2. The van der Waals surface area contributed by atoms with Crippen LogP contribution in [0.1, 0.15) is 29.1 Å². The summed E-state index contributed by atoms with van der Waals surface area (Å²) in [5, 5.41) is 2.96. The fourth-order valence-electron chi connectivity index (χ4n) is 2.62. The summed E-state index contributed by atoms with van der Waals surface area (Å²) in [6.45, 7) is 1.90. The molecule has 7 nitrogen and oxygen atoms in total. The maximum atomic E-state index is 12.6. The molecule has 1 amide bonds. The minimum atomic E-state index is -0.246. The topological polar surface area (TPSA) is 88.5 Å². The van der Waals surface area contributed by atoms with Crippen molar-refractivity contribution in [2.24, 2.45) is 0 Å². The van der Waals surface area contributed by atoms with E-state index in [2.05, 4.69) is 25.3 Å². The van der Waals surface area contributed by atoms with E-state index in [0.717, 1.165) is 16.9 Å². The smallest absolute Gasteiger partial charge is 0.252 e. The summed E-state index contributed by atoms with van der Waals surface area (Å²) >= 11 is 0. The highest BCUT2D eigenvalue weighted by Gasteiger charge is 2.15. The van der Waals surface area contributed by atoms with Gasteiger partial charge in [0.25, 0.3) is 5.91 Å². The van der Waals surface area contributed by atoms with E-state index in [4.69, 9.17) is 0 Å². The molecular weight excluding hydrogens is 316 g/mol. The third-order valence-corrected chi connectivity index (χ3v) is 3.94. The Balaban J connectivity index is 1.54. The van der Waals surface area contributed by atoms with Gasteiger partial charge in [0.1, 0.15) is 18.0 Å². The molecule has 7 heteroatoms. The molecule has 0 aliphatic heterocycles. The van der Waals surface area contributed by atoms with Crippen molar-refractivity contribution in [1.82, 2.24) is 29.8 Å². The number of aromatic amines is 1. The van der Waals surface area contributed by atoms with Gasteiger partial charge in [0.15, 0.2) is 0 Å². The van der Waals surface area contributed by atoms with Crippen molar-refractivity contribution in [3.63, 3.8) is 0 Å². The number of para-hydroxylation sites is 2. The summed E-state index contributed by atoms with van der Waals surface area (Å²) in [4.78, 5) is 28.6. The number of nitrogens with one attached hydrogen (secondary N) is 2. The van der Waals surface area contributed by atoms with Crippen molar-refractivity contribution >= 4 is 16.9 Å². The molecule has 0 aliphatic rings. The van der Waals surface area contributed by atoms with E-state index in [-0.39, 0.29) is 11.9 Å². The summed E-state index contributed by atoms with van der Waals surface area (Å²) in [5.41, 5.74) is 2.36. The van der Waals surface area contributed by atoms with Crippen molar-refractivity contribution in [2.45, 2.75) is 13.0 Å². The predicted octanol–water partition coefficient (Wildman–Crippen LogP) is 2.63. The van der Waals surface area contributed by atoms with Gasteiger partial charge in [-0.05, 0) is 31.2 Å². The number of H-pyrrole nitrogens is 1. The zero-order valence-corrected chi connectivity index (χ0v) is 13.5. The highest BCUT2D eigenvalue weighted by atomic mass is 16.1. The number of benzene rings is 1. The van der Waals surface area contributed by atoms with Gasteiger partial charge in [0.2, 0.25) is 0 Å². The number of hydrogen-bond donors (Lipinski definition) is 2. The minimum Gasteiger partial charge on any atom is -0.342 e. The van der Waals surface area contributed by atoms with E-state index in [1.165, 1.54) is 0 Å². The van der Waals surface area contributed by atoms with Crippen molar-refractivity contribution < 1.29 is 4.79 Å². The molecule has 1 aromatic carbocycles. The molecule has 0 radical (unpaired) electrons. The molecule has 0 saturated heterocycles. The Morgan fingerprint density at radius 1 is 1.24 bits per heavy atom. The van der Waals surface area contributed by atoms with Gasteiger partial charge in [-0.2, -0.15) is 0 Å². The third kappa shape index (κ3) is 2.99. The van der Waals surface area contributed by atoms with Crippen LogP contribution < -0.4 is 5.32 Å². The molecule has 4 rings (SSSR count). The second-order valence-electron chi connectivity index (χ2n) is 5.71. The van der Waals surface area contributed by atoms with E-state index in [1.54, 1.807) is 41.6 Å². The predicted molar refractivity (Wildman–Crippen MR) is 93.3 cm³/mol. The Hall–Kier alpha value is -3.48. The lowest BCUT2D eigenvalue weighted by Crippen LogP contribution is -2.27. The average Bonchev–Trinajstić information content (AvgIpc) is 3.31. The first-order valence-corrected chi connectivity index (χ1v) is 7.90. The second kappa shape index (κ2) is 6.20. The molecule has 0 spiro atoms. The quantitative estimate of drug-likeness (QED) is 0.601. The first-order valence-electron chi connectivity index (χ1n) is 7.90. The van der Waals surface area contributed by atoms with E-state index in [0.29, 0.717) is 11.4 Å². The molecule has 2 N–H and O–H groups in total. The number of hydrogen-bond acceptors (Lipinski definition) is 4. The van der Waals surface area contributed by atoms with E-state index in [1.807, 2.05) is 31.2 Å². The van der Waals surface area contributed by atoms with Gasteiger partial charge in [-0.3, -0.25) is 9.36 Å². The number of fused-ring (bicyclic) bond motifs is 1. The van der Waals surface area contributed by atoms with E-state index in [9.17, 15) is 4.79 Å². The van der Waals surface area contributed by atoms with Gasteiger partial charge in [0, 0.05) is 24.2 Å². The maximum absolute atomic E-state index is 12.6. The van der Waals surface area contributed by atoms with E-state index < -0.39 is 0 Å². The van der Waals surface area contributed by atoms with Crippen LogP contribution in [0.4, 0.5) is 0 Å². The first kappa shape index (κ1) is 15.1. The molecule has 1 atom stereocenters. The van der Waals surface area contributed by atoms with Gasteiger partial charge >= 0.3 is 0 Å². The van der Waals surface area contributed by atoms with Gasteiger partial charge in [-0.1, -0.05) is 12.1 Å². The normalized spacial score (nSPS) is 12.2. The van der Waals surface area contributed by atoms with Crippen LogP contribution in [0.3, 0.4) is 0 Å². The molecular formula is C18H16N6O. The molecule has 0 bridgehead atoms. The molecule has 124 valence electrons. The lowest BCUT2D eigenvalue weighted by molar-refractivity contribution is 0.0938. The summed E-state index contributed by atoms with van der Waals surface area (Å²) in [6.07, 6.45) is 6.69. The van der Waals surface area contributed by atoms with Crippen LogP contribution in [0.25, 0.3) is 16.9 Å². The maximum Gasteiger partial charge on any atom is 0.252 e. The van der Waals surface area contributed by atoms with Crippen LogP contribution in [0.2, 0.25) is 0 Å². The minimum absolute atomic E-state index is 0.184. The number of pyridine rings is 1. The van der Waals surface area contributed by atoms with Crippen LogP contribution in [0.15, 0.2) is 61.3 Å². The van der Waals surface area contributed by atoms with Gasteiger partial charge in [0.05, 0.1) is 17.1 Å². The van der Waals surface area contributed by atoms with Crippen LogP contribution >= 0.6 is 0 Å². The first-order chi connectivity index (χ1) is 12.2. The van der Waals surface area contributed by atoms with Crippen molar-refractivity contribution in [2.75, 3.05) is 0 Å². The average molecular weight is 332 g/mol. The number of amides is 1. The number of carbonyl (C=O) groups is 1. The fraction of sp³-hybridized carbons (Fsp3) is 0.111. The summed E-state index contributed by atoms with van der Waals surface area (Å²) in [7, 11) is 0. The third-order valence-electron chi connectivity index (χ3n) is 3.94.